The number of imide groups is 1. The van der Waals surface area contributed by atoms with Gasteiger partial charge in [0, 0.05) is 6.42 Å². The van der Waals surface area contributed by atoms with Gasteiger partial charge in [0.1, 0.15) is 5.92 Å². The topological polar surface area (TPSA) is 72.5 Å². The first-order chi connectivity index (χ1) is 5.15. The number of carbonyl (C=O) groups excluding carboxylic acids is 3. The quantitative estimate of drug-likeness (QED) is 0.295. The summed E-state index contributed by atoms with van der Waals surface area (Å²) in [6.45, 7) is 0. The van der Waals surface area contributed by atoms with Gasteiger partial charge in [-0.15, -0.1) is 0 Å². The van der Waals surface area contributed by atoms with Crippen LogP contribution in [0, 0.1) is 5.92 Å². The van der Waals surface area contributed by atoms with Crippen molar-refractivity contribution in [3.05, 3.63) is 0 Å². The van der Waals surface area contributed by atoms with Gasteiger partial charge in [-0.3, -0.25) is 19.7 Å². The van der Waals surface area contributed by atoms with Gasteiger partial charge in [-0.25, -0.2) is 0 Å². The van der Waals surface area contributed by atoms with Crippen LogP contribution in [0.3, 0.4) is 0 Å². The first-order valence-corrected chi connectivity index (χ1v) is 3.06. The van der Waals surface area contributed by atoms with Crippen LogP contribution in [0.25, 0.3) is 0 Å². The summed E-state index contributed by atoms with van der Waals surface area (Å²) in [5.41, 5.74) is 0. The number of esters is 1. The minimum Gasteiger partial charge on any atom is -0.468 e. The molecule has 0 aromatic rings. The van der Waals surface area contributed by atoms with Crippen molar-refractivity contribution < 1.29 is 19.1 Å². The summed E-state index contributed by atoms with van der Waals surface area (Å²) in [7, 11) is 1.18. The van der Waals surface area contributed by atoms with E-state index in [2.05, 4.69) is 4.74 Å². The molecule has 0 spiro atoms. The van der Waals surface area contributed by atoms with Crippen LogP contribution < -0.4 is 5.32 Å². The number of carbonyl (C=O) groups is 3. The van der Waals surface area contributed by atoms with Crippen molar-refractivity contribution in [2.45, 2.75) is 6.42 Å². The first-order valence-electron chi connectivity index (χ1n) is 3.06. The van der Waals surface area contributed by atoms with Crippen molar-refractivity contribution in [1.82, 2.24) is 5.32 Å². The Bertz CT molecular complexity index is 223. The Labute approximate surface area is 62.7 Å². The number of hydrogen-bond acceptors (Lipinski definition) is 4. The fourth-order valence-corrected chi connectivity index (χ4v) is 0.886. The number of nitrogens with one attached hydrogen (secondary N) is 1. The molecule has 1 aliphatic heterocycles. The fourth-order valence-electron chi connectivity index (χ4n) is 0.886. The van der Waals surface area contributed by atoms with Gasteiger partial charge in [-0.05, 0) is 0 Å². The second-order valence-electron chi connectivity index (χ2n) is 2.19. The van der Waals surface area contributed by atoms with E-state index in [1.807, 2.05) is 5.32 Å². The molecule has 5 nitrogen and oxygen atoms in total. The lowest BCUT2D eigenvalue weighted by Crippen LogP contribution is -2.26. The molecule has 0 bridgehead atoms. The van der Waals surface area contributed by atoms with E-state index in [0.29, 0.717) is 0 Å². The van der Waals surface area contributed by atoms with E-state index in [4.69, 9.17) is 0 Å². The molecule has 0 saturated carbocycles. The molecular weight excluding hydrogens is 150 g/mol. The molecule has 1 heterocycles. The van der Waals surface area contributed by atoms with Gasteiger partial charge < -0.3 is 4.74 Å². The molecule has 1 fully saturated rings. The number of ether oxygens (including phenoxy) is 1. The molecule has 1 aliphatic rings. The van der Waals surface area contributed by atoms with Gasteiger partial charge in [0.05, 0.1) is 7.11 Å². The monoisotopic (exact) mass is 157 g/mol. The summed E-state index contributed by atoms with van der Waals surface area (Å²) < 4.78 is 4.30. The van der Waals surface area contributed by atoms with Gasteiger partial charge in [0.15, 0.2) is 0 Å². The van der Waals surface area contributed by atoms with Crippen molar-refractivity contribution in [3.63, 3.8) is 0 Å². The van der Waals surface area contributed by atoms with Crippen molar-refractivity contribution in [3.8, 4) is 0 Å². The summed E-state index contributed by atoms with van der Waals surface area (Å²) in [6.07, 6.45) is -0.0918. The van der Waals surface area contributed by atoms with Crippen LogP contribution in [0.5, 0.6) is 0 Å². The Balaban J connectivity index is 2.67. The number of rotatable bonds is 1. The lowest BCUT2D eigenvalue weighted by molar-refractivity contribution is -0.148. The van der Waals surface area contributed by atoms with E-state index in [-0.39, 0.29) is 6.42 Å². The highest BCUT2D eigenvalue weighted by Crippen LogP contribution is 2.11. The molecule has 1 rings (SSSR count). The maximum absolute atomic E-state index is 10.8. The van der Waals surface area contributed by atoms with Crippen molar-refractivity contribution in [2.24, 2.45) is 5.92 Å². The van der Waals surface area contributed by atoms with Crippen LogP contribution in [-0.4, -0.2) is 24.9 Å². The molecule has 60 valence electrons. The predicted molar refractivity (Wildman–Crippen MR) is 33.3 cm³/mol. The number of hydrogen-bond donors (Lipinski definition) is 1. The Morgan fingerprint density at radius 3 is 2.64 bits per heavy atom. The third-order valence-electron chi connectivity index (χ3n) is 1.45. The maximum Gasteiger partial charge on any atom is 0.318 e. The normalized spacial score (nSPS) is 23.2. The van der Waals surface area contributed by atoms with Crippen LogP contribution in [0.4, 0.5) is 0 Å². The third kappa shape index (κ3) is 1.36. The number of amides is 2. The number of methoxy groups -OCH3 is 1. The highest BCUT2D eigenvalue weighted by molar-refractivity contribution is 6.12. The molecule has 1 atom stereocenters. The zero-order valence-electron chi connectivity index (χ0n) is 5.92. The molecule has 0 radical (unpaired) electrons. The smallest absolute Gasteiger partial charge is 0.318 e. The first kappa shape index (κ1) is 7.71. The molecule has 0 aromatic carbocycles. The highest BCUT2D eigenvalue weighted by atomic mass is 16.5. The van der Waals surface area contributed by atoms with Gasteiger partial charge in [0.2, 0.25) is 11.8 Å². The standard InChI is InChI=1S/C6H7NO4/c1-11-6(10)3-2-4(8)7-5(3)9/h3H,2H2,1H3,(H,7,8,9). The second kappa shape index (κ2) is 2.69. The van der Waals surface area contributed by atoms with Crippen LogP contribution in [0.2, 0.25) is 0 Å². The zero-order valence-corrected chi connectivity index (χ0v) is 5.92. The van der Waals surface area contributed by atoms with E-state index >= 15 is 0 Å². The molecule has 2 amide bonds. The summed E-state index contributed by atoms with van der Waals surface area (Å²) in [6, 6.07) is 0. The second-order valence-corrected chi connectivity index (χ2v) is 2.19. The van der Waals surface area contributed by atoms with E-state index in [0.717, 1.165) is 0 Å². The van der Waals surface area contributed by atoms with E-state index in [1.54, 1.807) is 0 Å². The van der Waals surface area contributed by atoms with Gasteiger partial charge >= 0.3 is 5.97 Å². The maximum atomic E-state index is 10.8. The van der Waals surface area contributed by atoms with Gasteiger partial charge in [-0.2, -0.15) is 0 Å². The third-order valence-corrected chi connectivity index (χ3v) is 1.45. The minimum absolute atomic E-state index is 0.0918. The molecule has 0 aromatic heterocycles. The largest absolute Gasteiger partial charge is 0.468 e. The van der Waals surface area contributed by atoms with Crippen molar-refractivity contribution in [2.75, 3.05) is 7.11 Å². The molecule has 1 N–H and O–H groups in total. The van der Waals surface area contributed by atoms with Crippen LogP contribution in [0.1, 0.15) is 6.42 Å². The predicted octanol–water partition coefficient (Wildman–Crippen LogP) is -1.18. The molecule has 0 aliphatic carbocycles. The summed E-state index contributed by atoms with van der Waals surface area (Å²) in [4.78, 5) is 32.0. The van der Waals surface area contributed by atoms with Crippen LogP contribution in [-0.2, 0) is 19.1 Å². The molecule has 1 unspecified atom stereocenters. The van der Waals surface area contributed by atoms with E-state index in [1.165, 1.54) is 7.11 Å². The Morgan fingerprint density at radius 2 is 2.27 bits per heavy atom. The van der Waals surface area contributed by atoms with Gasteiger partial charge in [0.25, 0.3) is 0 Å². The highest BCUT2D eigenvalue weighted by Gasteiger charge is 2.36. The molecule has 1 saturated heterocycles. The Morgan fingerprint density at radius 1 is 1.64 bits per heavy atom. The molecule has 11 heavy (non-hydrogen) atoms. The fraction of sp³-hybridized carbons (Fsp3) is 0.500. The summed E-state index contributed by atoms with van der Waals surface area (Å²) in [5.74, 6) is -2.59. The van der Waals surface area contributed by atoms with Crippen molar-refractivity contribution in [1.29, 1.82) is 0 Å². The minimum atomic E-state index is -0.938. The molecular formula is C6H7NO4. The lowest BCUT2D eigenvalue weighted by atomic mass is 10.1. The molecule has 5 heteroatoms. The van der Waals surface area contributed by atoms with Gasteiger partial charge in [-0.1, -0.05) is 0 Å². The Hall–Kier alpha value is -1.39. The summed E-state index contributed by atoms with van der Waals surface area (Å²) in [5, 5.41) is 2.00. The average molecular weight is 157 g/mol. The summed E-state index contributed by atoms with van der Waals surface area (Å²) >= 11 is 0. The average Bonchev–Trinajstić information content (AvgIpc) is 2.28. The zero-order chi connectivity index (χ0) is 8.43. The van der Waals surface area contributed by atoms with E-state index in [9.17, 15) is 14.4 Å². The van der Waals surface area contributed by atoms with Crippen LogP contribution >= 0.6 is 0 Å². The van der Waals surface area contributed by atoms with Crippen molar-refractivity contribution >= 4 is 17.8 Å². The Kier molecular flexibility index (Phi) is 1.89. The lowest BCUT2D eigenvalue weighted by Gasteiger charge is -2.00. The SMILES string of the molecule is COC(=O)C1CC(=O)NC1=O. The van der Waals surface area contributed by atoms with E-state index < -0.39 is 23.7 Å². The van der Waals surface area contributed by atoms with Crippen LogP contribution in [0.15, 0.2) is 0 Å².